The molecule has 2 aromatic rings. The summed E-state index contributed by atoms with van der Waals surface area (Å²) in [5, 5.41) is 4.22. The van der Waals surface area contributed by atoms with Crippen molar-refractivity contribution in [3.05, 3.63) is 52.6 Å². The highest BCUT2D eigenvalue weighted by Crippen LogP contribution is 2.57. The SMILES string of the molecule is O=C(NC12CC3CC(CC(C3)C1)C2)[C@H]1[C@H](c2nc3ccccc3c(=O)[nH]2)[C@H]2C=C[C@H]1C2. The molecule has 5 heteroatoms. The fraction of sp³-hybridized carbons (Fsp3) is 0.577. The van der Waals surface area contributed by atoms with Gasteiger partial charge in [-0.15, -0.1) is 0 Å². The lowest BCUT2D eigenvalue weighted by Gasteiger charge is -2.57. The van der Waals surface area contributed by atoms with Crippen LogP contribution in [-0.4, -0.2) is 21.4 Å². The number of amides is 1. The van der Waals surface area contributed by atoms with Gasteiger partial charge in [0.1, 0.15) is 5.82 Å². The van der Waals surface area contributed by atoms with Crippen LogP contribution in [0, 0.1) is 35.5 Å². The van der Waals surface area contributed by atoms with Crippen LogP contribution in [0.5, 0.6) is 0 Å². The van der Waals surface area contributed by atoms with Gasteiger partial charge in [-0.2, -0.15) is 0 Å². The summed E-state index contributed by atoms with van der Waals surface area (Å²) in [7, 11) is 0. The van der Waals surface area contributed by atoms with E-state index in [1.54, 1.807) is 0 Å². The Morgan fingerprint density at radius 1 is 0.968 bits per heavy atom. The zero-order valence-electron chi connectivity index (χ0n) is 17.7. The van der Waals surface area contributed by atoms with Crippen LogP contribution >= 0.6 is 0 Å². The third-order valence-electron chi connectivity index (χ3n) is 9.14. The van der Waals surface area contributed by atoms with Gasteiger partial charge in [0.15, 0.2) is 0 Å². The Labute approximate surface area is 181 Å². The minimum absolute atomic E-state index is 0.0200. The van der Waals surface area contributed by atoms with Gasteiger partial charge in [-0.3, -0.25) is 9.59 Å². The van der Waals surface area contributed by atoms with E-state index in [1.807, 2.05) is 24.3 Å². The molecule has 1 amide bonds. The van der Waals surface area contributed by atoms with Crippen LogP contribution in [0.15, 0.2) is 41.2 Å². The van der Waals surface area contributed by atoms with Crippen LogP contribution in [0.3, 0.4) is 0 Å². The number of nitrogens with one attached hydrogen (secondary N) is 2. The fourth-order valence-corrected chi connectivity index (χ4v) is 8.42. The molecule has 160 valence electrons. The van der Waals surface area contributed by atoms with Gasteiger partial charge < -0.3 is 10.3 Å². The van der Waals surface area contributed by atoms with Crippen molar-refractivity contribution < 1.29 is 4.79 Å². The topological polar surface area (TPSA) is 74.8 Å². The van der Waals surface area contributed by atoms with E-state index < -0.39 is 0 Å². The van der Waals surface area contributed by atoms with Crippen molar-refractivity contribution in [1.82, 2.24) is 15.3 Å². The van der Waals surface area contributed by atoms with E-state index in [9.17, 15) is 9.59 Å². The van der Waals surface area contributed by atoms with Crippen molar-refractivity contribution in [1.29, 1.82) is 0 Å². The predicted molar refractivity (Wildman–Crippen MR) is 118 cm³/mol. The first-order valence-corrected chi connectivity index (χ1v) is 12.1. The van der Waals surface area contributed by atoms with Gasteiger partial charge in [-0.05, 0) is 86.7 Å². The number of fused-ring (bicyclic) bond motifs is 3. The number of hydrogen-bond donors (Lipinski definition) is 2. The largest absolute Gasteiger partial charge is 0.350 e. The second kappa shape index (κ2) is 6.30. The molecule has 5 saturated carbocycles. The Bertz CT molecular complexity index is 1130. The lowest BCUT2D eigenvalue weighted by atomic mass is 9.53. The Morgan fingerprint density at radius 2 is 1.65 bits per heavy atom. The minimum Gasteiger partial charge on any atom is -0.350 e. The molecule has 1 aromatic heterocycles. The number of para-hydroxylation sites is 1. The maximum Gasteiger partial charge on any atom is 0.258 e. The lowest BCUT2D eigenvalue weighted by molar-refractivity contribution is -0.132. The summed E-state index contributed by atoms with van der Waals surface area (Å²) in [4.78, 5) is 34.4. The molecule has 6 aliphatic carbocycles. The van der Waals surface area contributed by atoms with Crippen molar-refractivity contribution in [3.63, 3.8) is 0 Å². The van der Waals surface area contributed by atoms with E-state index in [4.69, 9.17) is 4.98 Å². The zero-order chi connectivity index (χ0) is 20.7. The van der Waals surface area contributed by atoms with Crippen LogP contribution < -0.4 is 10.9 Å². The molecule has 1 heterocycles. The third kappa shape index (κ3) is 2.71. The van der Waals surface area contributed by atoms with Gasteiger partial charge in [0.05, 0.1) is 16.8 Å². The highest BCUT2D eigenvalue weighted by Gasteiger charge is 2.55. The fourth-order valence-electron chi connectivity index (χ4n) is 8.42. The van der Waals surface area contributed by atoms with Gasteiger partial charge in [0.25, 0.3) is 5.56 Å². The average molecular weight is 416 g/mol. The summed E-state index contributed by atoms with van der Waals surface area (Å²) >= 11 is 0. The second-order valence-electron chi connectivity index (χ2n) is 11.2. The quantitative estimate of drug-likeness (QED) is 0.747. The summed E-state index contributed by atoms with van der Waals surface area (Å²) in [6.07, 6.45) is 13.1. The normalized spacial score (nSPS) is 41.9. The molecule has 0 radical (unpaired) electrons. The molecule has 2 N–H and O–H groups in total. The maximum absolute atomic E-state index is 13.8. The van der Waals surface area contributed by atoms with Crippen molar-refractivity contribution >= 4 is 16.8 Å². The molecular formula is C26H29N3O2. The molecule has 6 aliphatic rings. The highest BCUT2D eigenvalue weighted by molar-refractivity contribution is 5.82. The number of carbonyl (C=O) groups is 1. The van der Waals surface area contributed by atoms with Crippen molar-refractivity contribution in [2.45, 2.75) is 56.4 Å². The molecule has 5 fully saturated rings. The first kappa shape index (κ1) is 18.2. The van der Waals surface area contributed by atoms with Crippen LogP contribution in [0.25, 0.3) is 10.9 Å². The van der Waals surface area contributed by atoms with Crippen molar-refractivity contribution in [2.24, 2.45) is 35.5 Å². The van der Waals surface area contributed by atoms with E-state index in [0.29, 0.717) is 16.7 Å². The molecule has 0 unspecified atom stereocenters. The number of carbonyl (C=O) groups excluding carboxylic acids is 1. The molecule has 6 bridgehead atoms. The van der Waals surface area contributed by atoms with Crippen LogP contribution in [0.2, 0.25) is 0 Å². The predicted octanol–water partition coefficient (Wildman–Crippen LogP) is 3.91. The van der Waals surface area contributed by atoms with Gasteiger partial charge in [-0.1, -0.05) is 24.3 Å². The Kier molecular flexibility index (Phi) is 3.69. The second-order valence-corrected chi connectivity index (χ2v) is 11.2. The Balaban J connectivity index is 1.22. The van der Waals surface area contributed by atoms with Crippen LogP contribution in [-0.2, 0) is 4.79 Å². The summed E-state index contributed by atoms with van der Waals surface area (Å²) in [5.74, 6) is 3.66. The van der Waals surface area contributed by atoms with Crippen LogP contribution in [0.4, 0.5) is 0 Å². The molecule has 0 aliphatic heterocycles. The average Bonchev–Trinajstić information content (AvgIpc) is 3.34. The minimum atomic E-state index is -0.132. The molecule has 0 spiro atoms. The Morgan fingerprint density at radius 3 is 2.39 bits per heavy atom. The van der Waals surface area contributed by atoms with E-state index in [0.717, 1.165) is 43.4 Å². The number of allylic oxidation sites excluding steroid dienone is 2. The summed E-state index contributed by atoms with van der Waals surface area (Å²) in [5.41, 5.74) is 0.632. The number of hydrogen-bond acceptors (Lipinski definition) is 3. The summed E-state index contributed by atoms with van der Waals surface area (Å²) < 4.78 is 0. The highest BCUT2D eigenvalue weighted by atomic mass is 16.2. The standard InChI is InChI=1S/C26H29N3O2/c30-24-19-3-1-2-4-20(19)27-23(28-24)21-17-5-6-18(10-17)22(21)25(31)29-26-11-14-7-15(12-26)9-16(8-14)13-26/h1-6,14-18,21-22H,7-13H2,(H,29,31)(H,27,28,30)/t14?,15?,16?,17-,18-,21+,22+,26?/m0/s1. The Hall–Kier alpha value is -2.43. The van der Waals surface area contributed by atoms with Crippen molar-refractivity contribution in [3.8, 4) is 0 Å². The summed E-state index contributed by atoms with van der Waals surface area (Å²) in [6, 6.07) is 7.47. The molecule has 1 aromatic carbocycles. The van der Waals surface area contributed by atoms with Crippen LogP contribution in [0.1, 0.15) is 56.7 Å². The molecule has 0 saturated heterocycles. The van der Waals surface area contributed by atoms with Crippen molar-refractivity contribution in [2.75, 3.05) is 0 Å². The number of nitrogens with zero attached hydrogens (tertiary/aromatic N) is 1. The molecule has 31 heavy (non-hydrogen) atoms. The number of aromatic nitrogens is 2. The molecular weight excluding hydrogens is 386 g/mol. The van der Waals surface area contributed by atoms with E-state index in [1.165, 1.54) is 19.3 Å². The van der Waals surface area contributed by atoms with E-state index in [-0.39, 0.29) is 40.7 Å². The monoisotopic (exact) mass is 415 g/mol. The van der Waals surface area contributed by atoms with Gasteiger partial charge in [-0.25, -0.2) is 4.98 Å². The van der Waals surface area contributed by atoms with E-state index in [2.05, 4.69) is 22.5 Å². The zero-order valence-corrected chi connectivity index (χ0v) is 17.7. The molecule has 8 rings (SSSR count). The first-order chi connectivity index (χ1) is 15.1. The number of benzene rings is 1. The molecule has 5 nitrogen and oxygen atoms in total. The number of H-pyrrole nitrogens is 1. The van der Waals surface area contributed by atoms with Gasteiger partial charge in [0, 0.05) is 11.5 Å². The lowest BCUT2D eigenvalue weighted by Crippen LogP contribution is -2.61. The number of aromatic amines is 1. The maximum atomic E-state index is 13.8. The first-order valence-electron chi connectivity index (χ1n) is 12.1. The third-order valence-corrected chi connectivity index (χ3v) is 9.14. The summed E-state index contributed by atoms with van der Waals surface area (Å²) in [6.45, 7) is 0. The smallest absolute Gasteiger partial charge is 0.258 e. The van der Waals surface area contributed by atoms with E-state index >= 15 is 0 Å². The number of rotatable bonds is 3. The molecule has 4 atom stereocenters. The van der Waals surface area contributed by atoms with Gasteiger partial charge in [0.2, 0.25) is 5.91 Å². The van der Waals surface area contributed by atoms with Gasteiger partial charge >= 0.3 is 0 Å².